The summed E-state index contributed by atoms with van der Waals surface area (Å²) < 4.78 is 5.98. The predicted molar refractivity (Wildman–Crippen MR) is 106 cm³/mol. The molecule has 2 aliphatic rings. The molecule has 28 heavy (non-hydrogen) atoms. The molecule has 2 aliphatic heterocycles. The van der Waals surface area contributed by atoms with Crippen LogP contribution in [0.1, 0.15) is 25.3 Å². The number of nitrogens with zero attached hydrogens (tertiary/aromatic N) is 3. The number of rotatable bonds is 4. The molecule has 0 N–H and O–H groups in total. The summed E-state index contributed by atoms with van der Waals surface area (Å²) in [6, 6.07) is 13.5. The summed E-state index contributed by atoms with van der Waals surface area (Å²) in [7, 11) is 0. The van der Waals surface area contributed by atoms with Crippen molar-refractivity contribution in [3.05, 3.63) is 60.4 Å². The van der Waals surface area contributed by atoms with E-state index in [0.717, 1.165) is 11.3 Å². The number of amides is 2. The first-order valence-corrected chi connectivity index (χ1v) is 9.74. The lowest BCUT2D eigenvalue weighted by Crippen LogP contribution is -2.68. The van der Waals surface area contributed by atoms with E-state index in [-0.39, 0.29) is 24.5 Å². The van der Waals surface area contributed by atoms with Gasteiger partial charge in [-0.2, -0.15) is 0 Å². The Kier molecular flexibility index (Phi) is 5.13. The Morgan fingerprint density at radius 2 is 2.07 bits per heavy atom. The van der Waals surface area contributed by atoms with Crippen LogP contribution in [-0.4, -0.2) is 53.0 Å². The second kappa shape index (κ2) is 7.72. The van der Waals surface area contributed by atoms with Gasteiger partial charge in [-0.05, 0) is 43.5 Å². The van der Waals surface area contributed by atoms with Crippen LogP contribution in [0, 0.1) is 0 Å². The molecule has 6 nitrogen and oxygen atoms in total. The van der Waals surface area contributed by atoms with Crippen molar-refractivity contribution < 1.29 is 14.3 Å². The lowest BCUT2D eigenvalue weighted by atomic mass is 9.85. The number of para-hydroxylation sites is 1. The maximum absolute atomic E-state index is 12.8. The molecular formula is C22H25N3O3. The molecule has 0 unspecified atom stereocenters. The number of likely N-dealkylation sites (tertiary alicyclic amines) is 1. The lowest BCUT2D eigenvalue weighted by molar-refractivity contribution is -0.158. The van der Waals surface area contributed by atoms with E-state index in [9.17, 15) is 9.59 Å². The first kappa shape index (κ1) is 18.6. The van der Waals surface area contributed by atoms with Crippen molar-refractivity contribution in [1.29, 1.82) is 0 Å². The molecule has 2 atom stereocenters. The molecule has 6 heteroatoms. The molecule has 2 aromatic rings. The van der Waals surface area contributed by atoms with Crippen LogP contribution >= 0.6 is 0 Å². The fraction of sp³-hybridized carbons (Fsp3) is 0.409. The van der Waals surface area contributed by atoms with Crippen molar-refractivity contribution in [1.82, 2.24) is 9.88 Å². The Morgan fingerprint density at radius 3 is 2.82 bits per heavy atom. The van der Waals surface area contributed by atoms with E-state index in [0.29, 0.717) is 32.4 Å². The molecule has 4 rings (SSSR count). The van der Waals surface area contributed by atoms with Crippen molar-refractivity contribution in [2.75, 3.05) is 24.6 Å². The Balaban J connectivity index is 1.45. The minimum atomic E-state index is -0.564. The summed E-state index contributed by atoms with van der Waals surface area (Å²) >= 11 is 0. The van der Waals surface area contributed by atoms with E-state index in [1.165, 1.54) is 0 Å². The Labute approximate surface area is 165 Å². The van der Waals surface area contributed by atoms with Crippen LogP contribution in [0.3, 0.4) is 0 Å². The van der Waals surface area contributed by atoms with Crippen LogP contribution in [0.25, 0.3) is 0 Å². The molecule has 146 valence electrons. The predicted octanol–water partition coefficient (Wildman–Crippen LogP) is 2.44. The van der Waals surface area contributed by atoms with Crippen molar-refractivity contribution in [2.24, 2.45) is 0 Å². The number of aromatic nitrogens is 1. The molecule has 0 spiro atoms. The van der Waals surface area contributed by atoms with Gasteiger partial charge in [-0.25, -0.2) is 0 Å². The van der Waals surface area contributed by atoms with Gasteiger partial charge in [0, 0.05) is 31.0 Å². The van der Waals surface area contributed by atoms with Crippen LogP contribution < -0.4 is 4.90 Å². The van der Waals surface area contributed by atoms with Gasteiger partial charge in [0.15, 0.2) is 0 Å². The SMILES string of the molecule is C[C@@]12CN(C(=O)CCc3cccnc3)CC[C@H]1N(c1ccccc1)C(=O)CO2. The van der Waals surface area contributed by atoms with Crippen molar-refractivity contribution >= 4 is 17.5 Å². The zero-order chi connectivity index (χ0) is 19.6. The van der Waals surface area contributed by atoms with Gasteiger partial charge in [0.1, 0.15) is 12.2 Å². The highest BCUT2D eigenvalue weighted by Gasteiger charge is 2.50. The van der Waals surface area contributed by atoms with Crippen LogP contribution in [-0.2, 0) is 20.7 Å². The van der Waals surface area contributed by atoms with Crippen LogP contribution in [0.2, 0.25) is 0 Å². The highest BCUT2D eigenvalue weighted by Crippen LogP contribution is 2.36. The molecule has 0 saturated carbocycles. The first-order valence-electron chi connectivity index (χ1n) is 9.74. The van der Waals surface area contributed by atoms with Crippen LogP contribution in [0.4, 0.5) is 5.69 Å². The largest absolute Gasteiger partial charge is 0.361 e. The average Bonchev–Trinajstić information content (AvgIpc) is 2.73. The molecule has 3 heterocycles. The number of fused-ring (bicyclic) bond motifs is 1. The number of ether oxygens (including phenoxy) is 1. The minimum Gasteiger partial charge on any atom is -0.361 e. The number of aryl methyl sites for hydroxylation is 1. The Hall–Kier alpha value is -2.73. The van der Waals surface area contributed by atoms with Gasteiger partial charge in [0.25, 0.3) is 5.91 Å². The maximum Gasteiger partial charge on any atom is 0.253 e. The van der Waals surface area contributed by atoms with Gasteiger partial charge in [0.05, 0.1) is 12.6 Å². The second-order valence-corrected chi connectivity index (χ2v) is 7.68. The third kappa shape index (κ3) is 3.64. The van der Waals surface area contributed by atoms with Gasteiger partial charge >= 0.3 is 0 Å². The molecule has 1 aromatic heterocycles. The number of morpholine rings is 1. The Bertz CT molecular complexity index is 843. The minimum absolute atomic E-state index is 0.0231. The van der Waals surface area contributed by atoms with E-state index in [1.54, 1.807) is 12.4 Å². The maximum atomic E-state index is 12.8. The standard InChI is InChI=1S/C22H25N3O3/c1-22-16-24(20(26)10-9-17-6-5-12-23-14-17)13-11-19(22)25(21(27)15-28-22)18-7-3-2-4-8-18/h2-8,12,14,19H,9-11,13,15-16H2,1H3/t19-,22-/m1/s1. The normalized spacial score (nSPS) is 24.8. The third-order valence-corrected chi connectivity index (χ3v) is 5.73. The highest BCUT2D eigenvalue weighted by molar-refractivity contribution is 5.96. The quantitative estimate of drug-likeness (QED) is 0.819. The molecule has 0 aliphatic carbocycles. The summed E-state index contributed by atoms with van der Waals surface area (Å²) in [6.45, 7) is 3.19. The number of anilines is 1. The zero-order valence-corrected chi connectivity index (χ0v) is 16.1. The molecule has 2 saturated heterocycles. The second-order valence-electron chi connectivity index (χ2n) is 7.68. The third-order valence-electron chi connectivity index (χ3n) is 5.73. The van der Waals surface area contributed by atoms with Crippen molar-refractivity contribution in [3.8, 4) is 0 Å². The summed E-state index contributed by atoms with van der Waals surface area (Å²) in [5.74, 6) is 0.0975. The number of pyridine rings is 1. The zero-order valence-electron chi connectivity index (χ0n) is 16.1. The fourth-order valence-electron chi connectivity index (χ4n) is 4.24. The molecule has 1 aromatic carbocycles. The van der Waals surface area contributed by atoms with Gasteiger partial charge in [-0.15, -0.1) is 0 Å². The smallest absolute Gasteiger partial charge is 0.253 e. The average molecular weight is 379 g/mol. The molecule has 2 amide bonds. The lowest BCUT2D eigenvalue weighted by Gasteiger charge is -2.52. The summed E-state index contributed by atoms with van der Waals surface area (Å²) in [4.78, 5) is 33.2. The fourth-order valence-corrected chi connectivity index (χ4v) is 4.24. The summed E-state index contributed by atoms with van der Waals surface area (Å²) in [5, 5.41) is 0. The number of carbonyl (C=O) groups is 2. The molecule has 2 fully saturated rings. The number of hydrogen-bond donors (Lipinski definition) is 0. The number of benzene rings is 1. The molecular weight excluding hydrogens is 354 g/mol. The first-order chi connectivity index (χ1) is 13.6. The Morgan fingerprint density at radius 1 is 1.25 bits per heavy atom. The van der Waals surface area contributed by atoms with Gasteiger partial charge in [-0.1, -0.05) is 24.3 Å². The summed E-state index contributed by atoms with van der Waals surface area (Å²) in [6.07, 6.45) is 5.37. The van der Waals surface area contributed by atoms with Gasteiger partial charge in [0.2, 0.25) is 5.91 Å². The van der Waals surface area contributed by atoms with Crippen molar-refractivity contribution in [2.45, 2.75) is 37.8 Å². The van der Waals surface area contributed by atoms with Crippen LogP contribution in [0.5, 0.6) is 0 Å². The van der Waals surface area contributed by atoms with E-state index in [1.807, 2.05) is 59.2 Å². The van der Waals surface area contributed by atoms with Crippen LogP contribution in [0.15, 0.2) is 54.9 Å². The van der Waals surface area contributed by atoms with E-state index < -0.39 is 5.60 Å². The number of hydrogen-bond acceptors (Lipinski definition) is 4. The number of carbonyl (C=O) groups excluding carboxylic acids is 2. The monoisotopic (exact) mass is 379 g/mol. The summed E-state index contributed by atoms with van der Waals surface area (Å²) in [5.41, 5.74) is 1.39. The van der Waals surface area contributed by atoms with Crippen molar-refractivity contribution in [3.63, 3.8) is 0 Å². The van der Waals surface area contributed by atoms with Gasteiger partial charge in [-0.3, -0.25) is 14.6 Å². The number of piperidine rings is 1. The van der Waals surface area contributed by atoms with E-state index in [4.69, 9.17) is 4.74 Å². The molecule has 0 bridgehead atoms. The van der Waals surface area contributed by atoms with Gasteiger partial charge < -0.3 is 14.5 Å². The highest BCUT2D eigenvalue weighted by atomic mass is 16.5. The van der Waals surface area contributed by atoms with E-state index >= 15 is 0 Å². The topological polar surface area (TPSA) is 62.7 Å². The molecule has 0 radical (unpaired) electrons. The van der Waals surface area contributed by atoms with E-state index in [2.05, 4.69) is 4.98 Å².